The highest BCUT2D eigenvalue weighted by Crippen LogP contribution is 2.27. The molecule has 6 rings (SSSR count). The molecule has 2 amide bonds. The molecule has 1 saturated heterocycles. The number of nitrogens with one attached hydrogen (secondary N) is 1. The second-order valence-electron chi connectivity index (χ2n) is 9.40. The molecule has 0 unspecified atom stereocenters. The van der Waals surface area contributed by atoms with Crippen molar-refractivity contribution in [1.29, 1.82) is 0 Å². The van der Waals surface area contributed by atoms with Crippen molar-refractivity contribution in [1.82, 2.24) is 29.5 Å². The number of rotatable bonds is 6. The zero-order valence-corrected chi connectivity index (χ0v) is 21.0. The van der Waals surface area contributed by atoms with Crippen LogP contribution in [0, 0.1) is 0 Å². The fourth-order valence-electron chi connectivity index (χ4n) is 4.76. The third-order valence-corrected chi connectivity index (χ3v) is 6.68. The third kappa shape index (κ3) is 4.92. The normalized spacial score (nSPS) is 15.9. The minimum atomic E-state index is -0.205. The summed E-state index contributed by atoms with van der Waals surface area (Å²) in [4.78, 5) is 40.1. The summed E-state index contributed by atoms with van der Waals surface area (Å²) in [6, 6.07) is 9.24. The topological polar surface area (TPSA) is 124 Å². The number of amides is 2. The zero-order valence-electron chi connectivity index (χ0n) is 21.0. The molecule has 0 saturated carbocycles. The van der Waals surface area contributed by atoms with Crippen LogP contribution >= 0.6 is 0 Å². The van der Waals surface area contributed by atoms with Crippen molar-refractivity contribution in [3.8, 4) is 17.0 Å². The van der Waals surface area contributed by atoms with Gasteiger partial charge in [0.25, 0.3) is 5.91 Å². The van der Waals surface area contributed by atoms with Gasteiger partial charge < -0.3 is 19.7 Å². The maximum atomic E-state index is 13.5. The Morgan fingerprint density at radius 1 is 1.21 bits per heavy atom. The molecule has 0 atom stereocenters. The van der Waals surface area contributed by atoms with Crippen LogP contribution in [0.15, 0.2) is 48.9 Å². The highest BCUT2D eigenvalue weighted by Gasteiger charge is 2.28. The standard InChI is InChI=1S/C27H27N7O4/c1-17(35)30-25-16-34-26(31-25)5-4-21(32-34)18-13-20-22(29-14-18)6-10-33(27(20)36)15-23-24(3-2-9-28-23)38-19-7-11-37-12-8-19/h2-5,9,13-14,16,19H,6-8,10-12,15H2,1H3,(H,30,35). The second kappa shape index (κ2) is 10.2. The molecule has 6 heterocycles. The zero-order chi connectivity index (χ0) is 26.1. The highest BCUT2D eigenvalue weighted by atomic mass is 16.5. The van der Waals surface area contributed by atoms with Gasteiger partial charge in [0.1, 0.15) is 17.5 Å². The van der Waals surface area contributed by atoms with E-state index in [4.69, 9.17) is 9.47 Å². The molecule has 4 aromatic rings. The largest absolute Gasteiger partial charge is 0.488 e. The number of ether oxygens (including phenoxy) is 2. The lowest BCUT2D eigenvalue weighted by molar-refractivity contribution is -0.114. The van der Waals surface area contributed by atoms with Crippen LogP contribution in [0.4, 0.5) is 5.82 Å². The fraction of sp³-hybridized carbons (Fsp3) is 0.333. The molecule has 0 radical (unpaired) electrons. The van der Waals surface area contributed by atoms with E-state index in [0.717, 1.165) is 29.8 Å². The van der Waals surface area contributed by atoms with Gasteiger partial charge in [0.15, 0.2) is 11.5 Å². The van der Waals surface area contributed by atoms with E-state index in [1.807, 2.05) is 30.3 Å². The first-order valence-corrected chi connectivity index (χ1v) is 12.6. The van der Waals surface area contributed by atoms with Gasteiger partial charge >= 0.3 is 0 Å². The minimum Gasteiger partial charge on any atom is -0.488 e. The SMILES string of the molecule is CC(=O)Nc1cn2nc(-c3cnc4c(c3)C(=O)N(Cc3ncccc3OC3CCOCC3)CC4)ccc2n1. The van der Waals surface area contributed by atoms with E-state index in [9.17, 15) is 9.59 Å². The van der Waals surface area contributed by atoms with Gasteiger partial charge in [0, 0.05) is 50.7 Å². The summed E-state index contributed by atoms with van der Waals surface area (Å²) >= 11 is 0. The molecule has 0 spiro atoms. The lowest BCUT2D eigenvalue weighted by atomic mass is 10.0. The molecule has 38 heavy (non-hydrogen) atoms. The number of carbonyl (C=O) groups is 2. The number of hydrogen-bond acceptors (Lipinski definition) is 8. The van der Waals surface area contributed by atoms with Gasteiger partial charge in [-0.3, -0.25) is 19.6 Å². The summed E-state index contributed by atoms with van der Waals surface area (Å²) < 4.78 is 13.3. The number of imidazole rings is 1. The Morgan fingerprint density at radius 2 is 2.08 bits per heavy atom. The monoisotopic (exact) mass is 513 g/mol. The average molecular weight is 514 g/mol. The quantitative estimate of drug-likeness (QED) is 0.417. The van der Waals surface area contributed by atoms with Gasteiger partial charge in [0.05, 0.1) is 42.9 Å². The maximum absolute atomic E-state index is 13.5. The first-order chi connectivity index (χ1) is 18.5. The predicted octanol–water partition coefficient (Wildman–Crippen LogP) is 2.90. The van der Waals surface area contributed by atoms with Crippen LogP contribution in [0.25, 0.3) is 16.9 Å². The molecule has 0 aliphatic carbocycles. The summed E-state index contributed by atoms with van der Waals surface area (Å²) in [5.74, 6) is 0.830. The lowest BCUT2D eigenvalue weighted by Crippen LogP contribution is -2.38. The maximum Gasteiger partial charge on any atom is 0.256 e. The highest BCUT2D eigenvalue weighted by molar-refractivity contribution is 5.97. The molecule has 2 aliphatic rings. The van der Waals surface area contributed by atoms with Crippen molar-refractivity contribution in [3.05, 3.63) is 65.9 Å². The number of carbonyl (C=O) groups excluding carboxylic acids is 2. The molecule has 194 valence electrons. The van der Waals surface area contributed by atoms with E-state index in [1.165, 1.54) is 6.92 Å². The van der Waals surface area contributed by atoms with E-state index in [0.29, 0.717) is 61.2 Å². The Hall–Kier alpha value is -4.38. The van der Waals surface area contributed by atoms with Gasteiger partial charge in [-0.05, 0) is 30.3 Å². The Morgan fingerprint density at radius 3 is 2.92 bits per heavy atom. The second-order valence-corrected chi connectivity index (χ2v) is 9.40. The molecule has 4 aromatic heterocycles. The number of aromatic nitrogens is 5. The lowest BCUT2D eigenvalue weighted by Gasteiger charge is -2.29. The molecule has 11 nitrogen and oxygen atoms in total. The van der Waals surface area contributed by atoms with Crippen molar-refractivity contribution >= 4 is 23.3 Å². The van der Waals surface area contributed by atoms with Crippen LogP contribution in [0.5, 0.6) is 5.75 Å². The molecule has 2 aliphatic heterocycles. The summed E-state index contributed by atoms with van der Waals surface area (Å²) in [7, 11) is 0. The van der Waals surface area contributed by atoms with Gasteiger partial charge in [-0.1, -0.05) is 0 Å². The first kappa shape index (κ1) is 24.0. The van der Waals surface area contributed by atoms with E-state index >= 15 is 0 Å². The number of pyridine rings is 2. The smallest absolute Gasteiger partial charge is 0.256 e. The summed E-state index contributed by atoms with van der Waals surface area (Å²) in [5.41, 5.74) is 4.02. The molecule has 1 N–H and O–H groups in total. The van der Waals surface area contributed by atoms with Crippen LogP contribution in [0.1, 0.15) is 41.5 Å². The fourth-order valence-corrected chi connectivity index (χ4v) is 4.76. The number of fused-ring (bicyclic) bond motifs is 2. The van der Waals surface area contributed by atoms with Crippen LogP contribution in [-0.4, -0.2) is 67.1 Å². The van der Waals surface area contributed by atoms with E-state index < -0.39 is 0 Å². The molecule has 0 aromatic carbocycles. The van der Waals surface area contributed by atoms with Crippen LogP contribution in [-0.2, 0) is 22.5 Å². The van der Waals surface area contributed by atoms with Crippen molar-refractivity contribution in [3.63, 3.8) is 0 Å². The van der Waals surface area contributed by atoms with Crippen molar-refractivity contribution in [2.45, 2.75) is 38.8 Å². The molecule has 1 fully saturated rings. The summed E-state index contributed by atoms with van der Waals surface area (Å²) in [6.07, 6.45) is 7.53. The molecular formula is C27H27N7O4. The van der Waals surface area contributed by atoms with Crippen LogP contribution in [0.3, 0.4) is 0 Å². The van der Waals surface area contributed by atoms with E-state index in [1.54, 1.807) is 28.0 Å². The third-order valence-electron chi connectivity index (χ3n) is 6.68. The Bertz CT molecular complexity index is 1510. The number of nitrogens with zero attached hydrogens (tertiary/aromatic N) is 6. The van der Waals surface area contributed by atoms with E-state index in [-0.39, 0.29) is 17.9 Å². The van der Waals surface area contributed by atoms with E-state index in [2.05, 4.69) is 25.4 Å². The molecule has 11 heteroatoms. The minimum absolute atomic E-state index is 0.0888. The Kier molecular flexibility index (Phi) is 6.42. The van der Waals surface area contributed by atoms with Gasteiger partial charge in [0.2, 0.25) is 5.91 Å². The van der Waals surface area contributed by atoms with Crippen molar-refractivity contribution < 1.29 is 19.1 Å². The predicted molar refractivity (Wildman–Crippen MR) is 138 cm³/mol. The molecule has 0 bridgehead atoms. The number of anilines is 1. The summed E-state index contributed by atoms with van der Waals surface area (Å²) in [6.45, 7) is 3.71. The first-order valence-electron chi connectivity index (χ1n) is 12.6. The molecular weight excluding hydrogens is 486 g/mol. The van der Waals surface area contributed by atoms with Crippen LogP contribution < -0.4 is 10.1 Å². The van der Waals surface area contributed by atoms with Gasteiger partial charge in [-0.15, -0.1) is 0 Å². The Balaban J connectivity index is 1.23. The summed E-state index contributed by atoms with van der Waals surface area (Å²) in [5, 5.41) is 7.26. The van der Waals surface area contributed by atoms with Gasteiger partial charge in [-0.2, -0.15) is 5.10 Å². The van der Waals surface area contributed by atoms with Crippen molar-refractivity contribution in [2.24, 2.45) is 0 Å². The average Bonchev–Trinajstić information content (AvgIpc) is 3.32. The van der Waals surface area contributed by atoms with Crippen LogP contribution in [0.2, 0.25) is 0 Å². The Labute approximate surface area is 218 Å². The van der Waals surface area contributed by atoms with Crippen molar-refractivity contribution in [2.75, 3.05) is 25.1 Å². The number of hydrogen-bond donors (Lipinski definition) is 1. The van der Waals surface area contributed by atoms with Gasteiger partial charge in [-0.25, -0.2) is 9.50 Å².